The number of nitrogens with one attached hydrogen (secondary N) is 2. The van der Waals surface area contributed by atoms with Gasteiger partial charge in [-0.3, -0.25) is 10.1 Å². The maximum Gasteiger partial charge on any atom is 0.388 e. The highest BCUT2D eigenvalue weighted by Gasteiger charge is 2.29. The molecule has 0 spiro atoms. The molecule has 27 heavy (non-hydrogen) atoms. The molecular formula is C17H24F2N6O2. The Morgan fingerprint density at radius 2 is 2.11 bits per heavy atom. The monoisotopic (exact) mass is 382 g/mol. The predicted octanol–water partition coefficient (Wildman–Crippen LogP) is 3.04. The lowest BCUT2D eigenvalue weighted by molar-refractivity contribution is -0.0528. The molecule has 10 heteroatoms. The van der Waals surface area contributed by atoms with Crippen molar-refractivity contribution in [2.75, 3.05) is 18.9 Å². The lowest BCUT2D eigenvalue weighted by atomic mass is 9.91. The molecular weight excluding hydrogens is 358 g/mol. The molecule has 2 aromatic heterocycles. The van der Waals surface area contributed by atoms with Gasteiger partial charge in [0.2, 0.25) is 11.8 Å². The minimum absolute atomic E-state index is 0.0800. The summed E-state index contributed by atoms with van der Waals surface area (Å²) in [5.41, 5.74) is 0. The molecule has 0 saturated carbocycles. The third kappa shape index (κ3) is 5.25. The predicted molar refractivity (Wildman–Crippen MR) is 95.4 cm³/mol. The van der Waals surface area contributed by atoms with E-state index in [2.05, 4.69) is 56.0 Å². The minimum Gasteiger partial charge on any atom is -0.473 e. The van der Waals surface area contributed by atoms with E-state index in [9.17, 15) is 8.78 Å². The van der Waals surface area contributed by atoms with Crippen LogP contribution in [0.15, 0.2) is 18.5 Å². The molecule has 2 N–H and O–H groups in total. The summed E-state index contributed by atoms with van der Waals surface area (Å²) in [4.78, 5) is 10.9. The number of likely N-dealkylation sites (tertiary alicyclic amines) is 1. The van der Waals surface area contributed by atoms with Crippen molar-refractivity contribution in [3.8, 4) is 11.8 Å². The van der Waals surface area contributed by atoms with Gasteiger partial charge in [0.25, 0.3) is 0 Å². The number of rotatable bonds is 7. The van der Waals surface area contributed by atoms with Gasteiger partial charge >= 0.3 is 6.61 Å². The van der Waals surface area contributed by atoms with E-state index in [-0.39, 0.29) is 12.0 Å². The van der Waals surface area contributed by atoms with Crippen LogP contribution < -0.4 is 14.8 Å². The fourth-order valence-corrected chi connectivity index (χ4v) is 3.26. The normalized spacial score (nSPS) is 20.9. The number of nitrogens with zero attached hydrogens (tertiary/aromatic N) is 4. The van der Waals surface area contributed by atoms with Gasteiger partial charge in [-0.15, -0.1) is 5.10 Å². The van der Waals surface area contributed by atoms with Gasteiger partial charge in [-0.2, -0.15) is 13.8 Å². The molecule has 1 aliphatic heterocycles. The van der Waals surface area contributed by atoms with E-state index in [1.54, 1.807) is 6.20 Å². The molecule has 2 atom stereocenters. The van der Waals surface area contributed by atoms with E-state index in [1.165, 1.54) is 12.3 Å². The number of piperidine rings is 1. The molecule has 0 amide bonds. The van der Waals surface area contributed by atoms with Crippen LogP contribution in [0.2, 0.25) is 0 Å². The van der Waals surface area contributed by atoms with Crippen LogP contribution in [0.1, 0.15) is 26.7 Å². The molecule has 1 fully saturated rings. The first-order valence-corrected chi connectivity index (χ1v) is 8.87. The fraction of sp³-hybridized carbons (Fsp3) is 0.588. The van der Waals surface area contributed by atoms with Crippen LogP contribution in [0.5, 0.6) is 11.8 Å². The minimum atomic E-state index is -2.93. The van der Waals surface area contributed by atoms with Gasteiger partial charge < -0.3 is 19.7 Å². The number of aromatic nitrogens is 4. The number of ether oxygens (including phenoxy) is 2. The summed E-state index contributed by atoms with van der Waals surface area (Å²) in [6, 6.07) is 1.78. The van der Waals surface area contributed by atoms with Crippen molar-refractivity contribution in [3.63, 3.8) is 0 Å². The molecule has 0 aromatic carbocycles. The third-order valence-electron chi connectivity index (χ3n) is 4.57. The van der Waals surface area contributed by atoms with Gasteiger partial charge in [-0.25, -0.2) is 0 Å². The SMILES string of the molecule is CC(C)[C@H]1C[C@@H](Oc2cncc(Nc3cc(OC(F)F)n[nH]3)n2)CCN1C. The Kier molecular flexibility index (Phi) is 6.04. The average molecular weight is 382 g/mol. The summed E-state index contributed by atoms with van der Waals surface area (Å²) in [7, 11) is 2.14. The molecule has 0 radical (unpaired) electrons. The summed E-state index contributed by atoms with van der Waals surface area (Å²) in [5.74, 6) is 1.52. The number of anilines is 2. The first-order chi connectivity index (χ1) is 12.9. The molecule has 148 valence electrons. The fourth-order valence-electron chi connectivity index (χ4n) is 3.26. The van der Waals surface area contributed by atoms with Crippen molar-refractivity contribution in [1.82, 2.24) is 25.1 Å². The van der Waals surface area contributed by atoms with Gasteiger partial charge in [-0.1, -0.05) is 13.8 Å². The largest absolute Gasteiger partial charge is 0.473 e. The number of hydrogen-bond acceptors (Lipinski definition) is 7. The number of alkyl halides is 2. The van der Waals surface area contributed by atoms with E-state index in [0.29, 0.717) is 29.5 Å². The van der Waals surface area contributed by atoms with E-state index in [1.807, 2.05) is 0 Å². The van der Waals surface area contributed by atoms with Crippen molar-refractivity contribution in [1.29, 1.82) is 0 Å². The maximum atomic E-state index is 12.2. The summed E-state index contributed by atoms with van der Waals surface area (Å²) in [5, 5.41) is 9.08. The van der Waals surface area contributed by atoms with Gasteiger partial charge in [0.1, 0.15) is 11.9 Å². The van der Waals surface area contributed by atoms with Crippen LogP contribution in [-0.2, 0) is 0 Å². The Labute approximate surface area is 156 Å². The quantitative estimate of drug-likeness (QED) is 0.761. The Hall–Kier alpha value is -2.49. The summed E-state index contributed by atoms with van der Waals surface area (Å²) >= 11 is 0. The van der Waals surface area contributed by atoms with Gasteiger partial charge in [0.05, 0.1) is 12.4 Å². The van der Waals surface area contributed by atoms with Crippen LogP contribution in [-0.4, -0.2) is 57.4 Å². The second kappa shape index (κ2) is 8.47. The first-order valence-electron chi connectivity index (χ1n) is 8.87. The third-order valence-corrected chi connectivity index (χ3v) is 4.57. The number of hydrogen-bond donors (Lipinski definition) is 2. The second-order valence-electron chi connectivity index (χ2n) is 6.92. The molecule has 0 aliphatic carbocycles. The molecule has 0 bridgehead atoms. The zero-order chi connectivity index (χ0) is 19.4. The van der Waals surface area contributed by atoms with Crippen molar-refractivity contribution in [2.45, 2.75) is 45.4 Å². The van der Waals surface area contributed by atoms with Crippen molar-refractivity contribution >= 4 is 11.6 Å². The molecule has 1 aliphatic rings. The number of aromatic amines is 1. The Balaban J connectivity index is 1.61. The van der Waals surface area contributed by atoms with Crippen LogP contribution in [0.25, 0.3) is 0 Å². The summed E-state index contributed by atoms with van der Waals surface area (Å²) in [6.45, 7) is 2.47. The molecule has 3 heterocycles. The molecule has 1 saturated heterocycles. The van der Waals surface area contributed by atoms with Crippen LogP contribution in [0.4, 0.5) is 20.4 Å². The summed E-state index contributed by atoms with van der Waals surface area (Å²) < 4.78 is 34.6. The van der Waals surface area contributed by atoms with E-state index >= 15 is 0 Å². The molecule has 0 unspecified atom stereocenters. The smallest absolute Gasteiger partial charge is 0.388 e. The van der Waals surface area contributed by atoms with E-state index in [0.717, 1.165) is 19.4 Å². The highest BCUT2D eigenvalue weighted by molar-refractivity contribution is 5.51. The highest BCUT2D eigenvalue weighted by Crippen LogP contribution is 2.26. The van der Waals surface area contributed by atoms with Crippen molar-refractivity contribution < 1.29 is 18.3 Å². The first kappa shape index (κ1) is 19.3. The van der Waals surface area contributed by atoms with Crippen LogP contribution in [0.3, 0.4) is 0 Å². The van der Waals surface area contributed by atoms with Crippen LogP contribution >= 0.6 is 0 Å². The topological polar surface area (TPSA) is 88.2 Å². The zero-order valence-corrected chi connectivity index (χ0v) is 15.5. The second-order valence-corrected chi connectivity index (χ2v) is 6.92. The maximum absolute atomic E-state index is 12.2. The molecule has 3 rings (SSSR count). The van der Waals surface area contributed by atoms with E-state index in [4.69, 9.17) is 4.74 Å². The van der Waals surface area contributed by atoms with Gasteiger partial charge in [-0.05, 0) is 19.4 Å². The van der Waals surface area contributed by atoms with Gasteiger partial charge in [0.15, 0.2) is 5.82 Å². The van der Waals surface area contributed by atoms with Gasteiger partial charge in [0, 0.05) is 25.1 Å². The average Bonchev–Trinajstić information content (AvgIpc) is 3.03. The Morgan fingerprint density at radius 3 is 2.85 bits per heavy atom. The van der Waals surface area contributed by atoms with Crippen LogP contribution in [0, 0.1) is 5.92 Å². The van der Waals surface area contributed by atoms with E-state index < -0.39 is 6.61 Å². The zero-order valence-electron chi connectivity index (χ0n) is 15.5. The van der Waals surface area contributed by atoms with Crippen molar-refractivity contribution in [2.24, 2.45) is 5.92 Å². The lowest BCUT2D eigenvalue weighted by Gasteiger charge is -2.39. The Morgan fingerprint density at radius 1 is 1.30 bits per heavy atom. The molecule has 8 nitrogen and oxygen atoms in total. The van der Waals surface area contributed by atoms with Crippen molar-refractivity contribution in [3.05, 3.63) is 18.5 Å². The standard InChI is InChI=1S/C17H24F2N6O2/c1-10(2)12-6-11(4-5-25(12)3)26-16-9-20-8-14(22-16)21-13-7-15(24-23-13)27-17(18)19/h7-12,17H,4-6H2,1-3H3,(H2,21,22,23,24)/t11-,12+/m0/s1. The lowest BCUT2D eigenvalue weighted by Crippen LogP contribution is -2.46. The summed E-state index contributed by atoms with van der Waals surface area (Å²) in [6.07, 6.45) is 5.01. The highest BCUT2D eigenvalue weighted by atomic mass is 19.3. The number of halogens is 2. The Bertz CT molecular complexity index is 742. The molecule has 2 aromatic rings. The number of H-pyrrole nitrogens is 1.